The first-order valence-corrected chi connectivity index (χ1v) is 6.89. The first-order valence-electron chi connectivity index (χ1n) is 6.89. The number of aliphatic hydroxyl groups is 1. The van der Waals surface area contributed by atoms with Crippen LogP contribution in [0.4, 0.5) is 5.69 Å². The summed E-state index contributed by atoms with van der Waals surface area (Å²) in [5.41, 5.74) is 2.67. The predicted octanol–water partition coefficient (Wildman–Crippen LogP) is -1.31. The van der Waals surface area contributed by atoms with E-state index in [1.54, 1.807) is 13.0 Å². The number of aliphatic hydroxyl groups excluding tert-OH is 1. The van der Waals surface area contributed by atoms with Crippen LogP contribution in [0.3, 0.4) is 0 Å². The summed E-state index contributed by atoms with van der Waals surface area (Å²) >= 11 is 0. The number of nitrogens with one attached hydrogen (secondary N) is 1. The van der Waals surface area contributed by atoms with Crippen molar-refractivity contribution in [3.63, 3.8) is 0 Å². The summed E-state index contributed by atoms with van der Waals surface area (Å²) in [7, 11) is 0. The van der Waals surface area contributed by atoms with Gasteiger partial charge in [-0.2, -0.15) is 0 Å². The van der Waals surface area contributed by atoms with Crippen LogP contribution in [0.25, 0.3) is 0 Å². The maximum atomic E-state index is 11.9. The van der Waals surface area contributed by atoms with E-state index in [1.807, 2.05) is 26.0 Å². The Labute approximate surface area is 124 Å². The molecule has 2 atom stereocenters. The lowest BCUT2D eigenvalue weighted by Crippen LogP contribution is -2.94. The number of aryl methyl sites for hydroxylation is 2. The molecule has 6 heteroatoms. The summed E-state index contributed by atoms with van der Waals surface area (Å²) in [6, 6.07) is 4.59. The van der Waals surface area contributed by atoms with Gasteiger partial charge in [0, 0.05) is 5.69 Å². The van der Waals surface area contributed by atoms with Gasteiger partial charge in [-0.25, -0.2) is 0 Å². The van der Waals surface area contributed by atoms with E-state index in [0.717, 1.165) is 11.1 Å². The lowest BCUT2D eigenvalue weighted by molar-refractivity contribution is -0.687. The molecule has 0 fully saturated rings. The summed E-state index contributed by atoms with van der Waals surface area (Å²) < 4.78 is 0. The van der Waals surface area contributed by atoms with Gasteiger partial charge in [-0.3, -0.25) is 4.79 Å². The topological polar surface area (TPSA) is 106 Å². The van der Waals surface area contributed by atoms with Crippen LogP contribution < -0.4 is 15.7 Å². The largest absolute Gasteiger partial charge is 0.544 e. The van der Waals surface area contributed by atoms with Gasteiger partial charge < -0.3 is 25.6 Å². The highest BCUT2D eigenvalue weighted by atomic mass is 16.4. The van der Waals surface area contributed by atoms with Gasteiger partial charge in [0.1, 0.15) is 12.6 Å². The van der Waals surface area contributed by atoms with Crippen LogP contribution in [-0.4, -0.2) is 35.7 Å². The molecular formula is C15H22N2O4. The maximum Gasteiger partial charge on any atom is 0.230 e. The zero-order valence-corrected chi connectivity index (χ0v) is 12.6. The highest BCUT2D eigenvalue weighted by Crippen LogP contribution is 2.16. The number of anilines is 1. The molecule has 0 radical (unpaired) electrons. The number of carbonyl (C=O) groups excluding carboxylic acids is 2. The Hall–Kier alpha value is -1.92. The van der Waals surface area contributed by atoms with Gasteiger partial charge in [-0.1, -0.05) is 17.7 Å². The fourth-order valence-electron chi connectivity index (χ4n) is 1.98. The van der Waals surface area contributed by atoms with Crippen molar-refractivity contribution >= 4 is 17.6 Å². The zero-order chi connectivity index (χ0) is 16.0. The molecule has 0 aromatic heterocycles. The molecule has 4 N–H and O–H groups in total. The van der Waals surface area contributed by atoms with Crippen LogP contribution in [0.5, 0.6) is 0 Å². The number of carboxylic acid groups (broad SMARTS) is 1. The number of carboxylic acids is 1. The average Bonchev–Trinajstić information content (AvgIpc) is 2.37. The Morgan fingerprint density at radius 1 is 1.38 bits per heavy atom. The molecule has 0 unspecified atom stereocenters. The summed E-state index contributed by atoms with van der Waals surface area (Å²) in [6.45, 7) is 5.59. The van der Waals surface area contributed by atoms with Crippen molar-refractivity contribution in [2.75, 3.05) is 11.9 Å². The van der Waals surface area contributed by atoms with Crippen molar-refractivity contribution in [2.45, 2.75) is 39.3 Å². The van der Waals surface area contributed by atoms with E-state index in [0.29, 0.717) is 5.69 Å². The number of benzene rings is 1. The van der Waals surface area contributed by atoms with Crippen molar-refractivity contribution in [2.24, 2.45) is 0 Å². The third-order valence-electron chi connectivity index (χ3n) is 3.13. The first-order chi connectivity index (χ1) is 9.79. The second-order valence-corrected chi connectivity index (χ2v) is 5.32. The minimum atomic E-state index is -1.31. The van der Waals surface area contributed by atoms with Gasteiger partial charge in [0.25, 0.3) is 0 Å². The lowest BCUT2D eigenvalue weighted by Gasteiger charge is -2.17. The molecule has 1 amide bonds. The number of nitrogens with two attached hydrogens (primary N) is 1. The Kier molecular flexibility index (Phi) is 6.33. The van der Waals surface area contributed by atoms with Crippen molar-refractivity contribution in [3.05, 3.63) is 29.3 Å². The van der Waals surface area contributed by atoms with Gasteiger partial charge in [0.05, 0.1) is 18.5 Å². The molecule has 0 bridgehead atoms. The minimum absolute atomic E-state index is 0.204. The third kappa shape index (κ3) is 5.93. The van der Waals surface area contributed by atoms with Crippen LogP contribution in [0.2, 0.25) is 0 Å². The molecule has 116 valence electrons. The fourth-order valence-corrected chi connectivity index (χ4v) is 1.98. The smallest absolute Gasteiger partial charge is 0.230 e. The van der Waals surface area contributed by atoms with Crippen LogP contribution in [0.1, 0.15) is 24.5 Å². The Balaban J connectivity index is 2.63. The zero-order valence-electron chi connectivity index (χ0n) is 12.6. The first kappa shape index (κ1) is 17.1. The Morgan fingerprint density at radius 3 is 2.57 bits per heavy atom. The van der Waals surface area contributed by atoms with E-state index in [-0.39, 0.29) is 13.0 Å². The molecule has 1 aromatic carbocycles. The Bertz CT molecular complexity index is 514. The molecule has 0 saturated heterocycles. The minimum Gasteiger partial charge on any atom is -0.544 e. The number of aliphatic carboxylic acids is 1. The second-order valence-electron chi connectivity index (χ2n) is 5.32. The quantitative estimate of drug-likeness (QED) is 0.581. The number of hydrogen-bond acceptors (Lipinski definition) is 4. The molecule has 6 nitrogen and oxygen atoms in total. The molecule has 0 spiro atoms. The van der Waals surface area contributed by atoms with Crippen LogP contribution in [-0.2, 0) is 9.59 Å². The summed E-state index contributed by atoms with van der Waals surface area (Å²) in [5, 5.41) is 24.3. The summed E-state index contributed by atoms with van der Waals surface area (Å²) in [5.74, 6) is -1.70. The van der Waals surface area contributed by atoms with E-state index in [9.17, 15) is 14.7 Å². The molecule has 0 heterocycles. The highest BCUT2D eigenvalue weighted by molar-refractivity contribution is 5.94. The average molecular weight is 294 g/mol. The molecule has 0 saturated carbocycles. The molecule has 21 heavy (non-hydrogen) atoms. The van der Waals surface area contributed by atoms with Gasteiger partial charge in [-0.15, -0.1) is 0 Å². The second kappa shape index (κ2) is 7.75. The van der Waals surface area contributed by atoms with Crippen molar-refractivity contribution in [1.29, 1.82) is 0 Å². The van der Waals surface area contributed by atoms with Gasteiger partial charge in [0.2, 0.25) is 5.91 Å². The van der Waals surface area contributed by atoms with E-state index in [4.69, 9.17) is 5.11 Å². The fraction of sp³-hybridized carbons (Fsp3) is 0.467. The molecule has 1 aromatic rings. The number of amides is 1. The van der Waals surface area contributed by atoms with Gasteiger partial charge in [0.15, 0.2) is 0 Å². The number of quaternary nitrogens is 1. The molecular weight excluding hydrogens is 272 g/mol. The summed E-state index contributed by atoms with van der Waals surface area (Å²) in [4.78, 5) is 22.9. The van der Waals surface area contributed by atoms with E-state index in [2.05, 4.69) is 5.32 Å². The number of rotatable bonds is 7. The predicted molar refractivity (Wildman–Crippen MR) is 76.4 cm³/mol. The molecule has 0 aliphatic rings. The number of hydrogen-bond donors (Lipinski definition) is 3. The standard InChI is InChI=1S/C15H22N2O4/c1-9-4-5-12(10(2)6-9)17-14(19)7-13(15(20)21)16-8-11(3)18/h4-6,11,13,16,18H,7-8H2,1-3H3,(H,17,19)(H,20,21)/t11-,13+/m0/s1. The molecule has 0 aliphatic heterocycles. The normalized spacial score (nSPS) is 13.5. The SMILES string of the molecule is Cc1ccc(NC(=O)C[C@@H]([NH2+]C[C@H](C)O)C(=O)[O-])c(C)c1. The van der Waals surface area contributed by atoms with Crippen molar-refractivity contribution in [1.82, 2.24) is 0 Å². The van der Waals surface area contributed by atoms with E-state index >= 15 is 0 Å². The lowest BCUT2D eigenvalue weighted by atomic mass is 10.1. The van der Waals surface area contributed by atoms with Crippen LogP contribution >= 0.6 is 0 Å². The van der Waals surface area contributed by atoms with Crippen molar-refractivity contribution in [3.8, 4) is 0 Å². The van der Waals surface area contributed by atoms with Crippen molar-refractivity contribution < 1.29 is 25.1 Å². The van der Waals surface area contributed by atoms with Gasteiger partial charge >= 0.3 is 0 Å². The maximum absolute atomic E-state index is 11.9. The highest BCUT2D eigenvalue weighted by Gasteiger charge is 2.19. The third-order valence-corrected chi connectivity index (χ3v) is 3.13. The van der Waals surface area contributed by atoms with Gasteiger partial charge in [-0.05, 0) is 32.4 Å². The molecule has 0 aliphatic carbocycles. The molecule has 1 rings (SSSR count). The van der Waals surface area contributed by atoms with Crippen LogP contribution in [0, 0.1) is 13.8 Å². The Morgan fingerprint density at radius 2 is 2.05 bits per heavy atom. The van der Waals surface area contributed by atoms with E-state index in [1.165, 1.54) is 5.32 Å². The van der Waals surface area contributed by atoms with E-state index < -0.39 is 24.0 Å². The summed E-state index contributed by atoms with van der Waals surface area (Å²) in [6.07, 6.45) is -0.850. The monoisotopic (exact) mass is 294 g/mol. The van der Waals surface area contributed by atoms with Crippen LogP contribution in [0.15, 0.2) is 18.2 Å². The number of carbonyl (C=O) groups is 2.